The lowest BCUT2D eigenvalue weighted by molar-refractivity contribution is -0.123. The van der Waals surface area contributed by atoms with Gasteiger partial charge in [0.2, 0.25) is 18.6 Å². The van der Waals surface area contributed by atoms with Gasteiger partial charge in [-0.2, -0.15) is 5.10 Å². The summed E-state index contributed by atoms with van der Waals surface area (Å²) in [7, 11) is 0. The van der Waals surface area contributed by atoms with Crippen LogP contribution in [0.5, 0.6) is 11.5 Å². The highest BCUT2D eigenvalue weighted by Gasteiger charge is 2.40. The third-order valence-corrected chi connectivity index (χ3v) is 8.17. The molecule has 1 unspecified atom stereocenters. The number of carbonyl (C=O) groups is 2. The van der Waals surface area contributed by atoms with Gasteiger partial charge in [-0.3, -0.25) is 14.5 Å². The molecule has 2 amide bonds. The van der Waals surface area contributed by atoms with E-state index >= 15 is 0 Å². The first-order valence-electron chi connectivity index (χ1n) is 13.2. The van der Waals surface area contributed by atoms with E-state index in [1.165, 1.54) is 35.1 Å². The van der Waals surface area contributed by atoms with Crippen LogP contribution in [0.1, 0.15) is 48.6 Å². The summed E-state index contributed by atoms with van der Waals surface area (Å²) >= 11 is 1.47. The van der Waals surface area contributed by atoms with Gasteiger partial charge >= 0.3 is 0 Å². The predicted molar refractivity (Wildman–Crippen MR) is 152 cm³/mol. The number of anilines is 1. The number of ether oxygens (including phenoxy) is 2. The molecule has 1 atom stereocenters. The zero-order valence-corrected chi connectivity index (χ0v) is 23.7. The maximum Gasteiger partial charge on any atom is 0.240 e. The highest BCUT2D eigenvalue weighted by molar-refractivity contribution is 8.00. The average molecular weight is 577 g/mol. The SMILES string of the molecule is CC(C)(C)c1nn(-c2ccc(F)cc2)c2c1C(c1ccc3c(c1)OCO3)SCC(=O)N2CC(=O)NCc1ccco1. The van der Waals surface area contributed by atoms with Crippen molar-refractivity contribution < 1.29 is 27.9 Å². The minimum Gasteiger partial charge on any atom is -0.467 e. The largest absolute Gasteiger partial charge is 0.467 e. The van der Waals surface area contributed by atoms with Crippen LogP contribution < -0.4 is 19.7 Å². The number of amides is 2. The van der Waals surface area contributed by atoms with E-state index in [0.717, 1.165) is 16.8 Å². The zero-order valence-electron chi connectivity index (χ0n) is 22.8. The molecule has 2 aromatic carbocycles. The first-order valence-corrected chi connectivity index (χ1v) is 14.2. The standard InChI is InChI=1S/C30H29FN4O5S/c1-30(2,3)28-26-27(18-6-11-22-23(13-18)40-17-39-22)41-16-25(37)34(15-24(36)32-14-21-5-4-12-38-21)29(26)35(33-28)20-9-7-19(31)8-10-20/h4-13,27H,14-17H2,1-3H3,(H,32,36). The molecule has 9 nitrogen and oxygen atoms in total. The van der Waals surface area contributed by atoms with Crippen LogP contribution in [0.3, 0.4) is 0 Å². The maximum absolute atomic E-state index is 13.9. The minimum atomic E-state index is -0.425. The summed E-state index contributed by atoms with van der Waals surface area (Å²) in [6.45, 7) is 6.28. The molecule has 0 spiro atoms. The Hall–Kier alpha value is -4.25. The molecule has 2 aliphatic heterocycles. The quantitative estimate of drug-likeness (QED) is 0.340. The van der Waals surface area contributed by atoms with Gasteiger partial charge in [-0.05, 0) is 54.1 Å². The Balaban J connectivity index is 1.50. The second kappa shape index (κ2) is 10.6. The zero-order chi connectivity index (χ0) is 28.7. The fourth-order valence-corrected chi connectivity index (χ4v) is 6.16. The summed E-state index contributed by atoms with van der Waals surface area (Å²) < 4.78 is 32.1. The van der Waals surface area contributed by atoms with E-state index < -0.39 is 5.41 Å². The molecule has 1 N–H and O–H groups in total. The van der Waals surface area contributed by atoms with Crippen LogP contribution in [-0.2, 0) is 21.5 Å². The Kier molecular flexibility index (Phi) is 6.98. The summed E-state index contributed by atoms with van der Waals surface area (Å²) in [6, 6.07) is 15.2. The monoisotopic (exact) mass is 576 g/mol. The number of nitrogens with one attached hydrogen (secondary N) is 1. The molecule has 4 heterocycles. The summed E-state index contributed by atoms with van der Waals surface area (Å²) in [5.74, 6) is 1.54. The van der Waals surface area contributed by atoms with Gasteiger partial charge in [-0.1, -0.05) is 26.8 Å². The van der Waals surface area contributed by atoms with Crippen molar-refractivity contribution in [3.63, 3.8) is 0 Å². The Bertz CT molecular complexity index is 1590. The Labute approximate surface area is 240 Å². The van der Waals surface area contributed by atoms with E-state index in [0.29, 0.717) is 28.8 Å². The number of thioether (sulfide) groups is 1. The molecule has 212 valence electrons. The molecule has 0 saturated carbocycles. The molecule has 0 aliphatic carbocycles. The van der Waals surface area contributed by atoms with E-state index in [2.05, 4.69) is 26.1 Å². The molecule has 6 rings (SSSR count). The highest BCUT2D eigenvalue weighted by Crippen LogP contribution is 2.49. The molecular weight excluding hydrogens is 547 g/mol. The van der Waals surface area contributed by atoms with E-state index in [1.807, 2.05) is 18.2 Å². The lowest BCUT2D eigenvalue weighted by Gasteiger charge is -2.24. The lowest BCUT2D eigenvalue weighted by Crippen LogP contribution is -2.42. The normalized spacial score (nSPS) is 16.4. The summed E-state index contributed by atoms with van der Waals surface area (Å²) in [4.78, 5) is 28.4. The molecule has 41 heavy (non-hydrogen) atoms. The molecule has 0 bridgehead atoms. The van der Waals surface area contributed by atoms with E-state index in [4.69, 9.17) is 19.0 Å². The van der Waals surface area contributed by atoms with Crippen molar-refractivity contribution in [1.82, 2.24) is 15.1 Å². The minimum absolute atomic E-state index is 0.131. The molecule has 11 heteroatoms. The second-order valence-corrected chi connectivity index (χ2v) is 12.0. The van der Waals surface area contributed by atoms with Gasteiger partial charge in [0.1, 0.15) is 23.9 Å². The molecule has 4 aromatic rings. The van der Waals surface area contributed by atoms with Gasteiger partial charge < -0.3 is 19.2 Å². The van der Waals surface area contributed by atoms with Crippen LogP contribution in [0.25, 0.3) is 5.69 Å². The fraction of sp³-hybridized carbons (Fsp3) is 0.300. The van der Waals surface area contributed by atoms with E-state index in [9.17, 15) is 14.0 Å². The first kappa shape index (κ1) is 26.9. The van der Waals surface area contributed by atoms with Crippen LogP contribution in [-0.4, -0.2) is 40.7 Å². The first-order chi connectivity index (χ1) is 19.7. The van der Waals surface area contributed by atoms with Gasteiger partial charge in [0.05, 0.1) is 35.2 Å². The molecule has 0 radical (unpaired) electrons. The number of nitrogens with zero attached hydrogens (tertiary/aromatic N) is 3. The van der Waals surface area contributed by atoms with Crippen molar-refractivity contribution in [2.75, 3.05) is 24.0 Å². The second-order valence-electron chi connectivity index (χ2n) is 10.9. The van der Waals surface area contributed by atoms with Gasteiger partial charge in [0, 0.05) is 11.0 Å². The molecule has 2 aliphatic rings. The number of hydrogen-bond acceptors (Lipinski definition) is 7. The molecular formula is C30H29FN4O5S. The summed E-state index contributed by atoms with van der Waals surface area (Å²) in [5, 5.41) is 7.55. The van der Waals surface area contributed by atoms with E-state index in [1.54, 1.807) is 28.9 Å². The Morgan fingerprint density at radius 2 is 1.90 bits per heavy atom. The third kappa shape index (κ3) is 5.29. The number of carbonyl (C=O) groups excluding carboxylic acids is 2. The van der Waals surface area contributed by atoms with Crippen LogP contribution >= 0.6 is 11.8 Å². The number of aromatic nitrogens is 2. The molecule has 0 fully saturated rings. The van der Waals surface area contributed by atoms with Crippen molar-refractivity contribution in [1.29, 1.82) is 0 Å². The van der Waals surface area contributed by atoms with Gasteiger partial charge in [-0.25, -0.2) is 9.07 Å². The Morgan fingerprint density at radius 1 is 1.12 bits per heavy atom. The number of hydrogen-bond donors (Lipinski definition) is 1. The number of halogens is 1. The summed E-state index contributed by atoms with van der Waals surface area (Å²) in [6.07, 6.45) is 1.54. The third-order valence-electron chi connectivity index (χ3n) is 6.91. The smallest absolute Gasteiger partial charge is 0.240 e. The van der Waals surface area contributed by atoms with Gasteiger partial charge in [0.15, 0.2) is 11.5 Å². The number of benzene rings is 2. The number of furan rings is 1. The van der Waals surface area contributed by atoms with Crippen molar-refractivity contribution in [3.05, 3.63) is 89.3 Å². The highest BCUT2D eigenvalue weighted by atomic mass is 32.2. The van der Waals surface area contributed by atoms with E-state index in [-0.39, 0.29) is 48.5 Å². The topological polar surface area (TPSA) is 98.8 Å². The van der Waals surface area contributed by atoms with Crippen LogP contribution in [0, 0.1) is 5.82 Å². The number of rotatable bonds is 6. The molecule has 0 saturated heterocycles. The van der Waals surface area contributed by atoms with Gasteiger partial charge in [0.25, 0.3) is 0 Å². The van der Waals surface area contributed by atoms with Crippen molar-refractivity contribution in [2.24, 2.45) is 0 Å². The fourth-order valence-electron chi connectivity index (χ4n) is 4.97. The maximum atomic E-state index is 13.9. The predicted octanol–water partition coefficient (Wildman–Crippen LogP) is 5.12. The average Bonchev–Trinajstić information content (AvgIpc) is 3.69. The van der Waals surface area contributed by atoms with Crippen LogP contribution in [0.2, 0.25) is 0 Å². The van der Waals surface area contributed by atoms with Crippen molar-refractivity contribution >= 4 is 29.4 Å². The van der Waals surface area contributed by atoms with Crippen LogP contribution in [0.4, 0.5) is 10.2 Å². The number of fused-ring (bicyclic) bond motifs is 2. The van der Waals surface area contributed by atoms with Gasteiger partial charge in [-0.15, -0.1) is 11.8 Å². The Morgan fingerprint density at radius 3 is 2.63 bits per heavy atom. The lowest BCUT2D eigenvalue weighted by atomic mass is 9.87. The van der Waals surface area contributed by atoms with Crippen molar-refractivity contribution in [3.8, 4) is 17.2 Å². The molecule has 2 aromatic heterocycles. The van der Waals surface area contributed by atoms with Crippen molar-refractivity contribution in [2.45, 2.75) is 38.0 Å². The van der Waals surface area contributed by atoms with Crippen LogP contribution in [0.15, 0.2) is 65.3 Å². The summed E-state index contributed by atoms with van der Waals surface area (Å²) in [5.41, 5.74) is 2.65.